The Morgan fingerprint density at radius 2 is 1.66 bits per heavy atom. The van der Waals surface area contributed by atoms with Crippen molar-refractivity contribution in [2.24, 2.45) is 5.10 Å². The van der Waals surface area contributed by atoms with Crippen LogP contribution >= 0.6 is 23.2 Å². The normalized spacial score (nSPS) is 10.9. The molecule has 0 aliphatic heterocycles. The molecule has 0 aromatic heterocycles. The third kappa shape index (κ3) is 5.54. The van der Waals surface area contributed by atoms with Crippen molar-refractivity contribution in [3.05, 3.63) is 99.5 Å². The number of nitrogens with one attached hydrogen (secondary N) is 1. The summed E-state index contributed by atoms with van der Waals surface area (Å²) in [7, 11) is 1.43. The Bertz CT molecular complexity index is 1470. The van der Waals surface area contributed by atoms with Crippen molar-refractivity contribution in [1.29, 1.82) is 0 Å². The summed E-state index contributed by atoms with van der Waals surface area (Å²) in [6.07, 6.45) is 1.39. The molecule has 0 saturated heterocycles. The van der Waals surface area contributed by atoms with Crippen LogP contribution in [0, 0.1) is 0 Å². The van der Waals surface area contributed by atoms with E-state index < -0.39 is 11.9 Å². The zero-order chi connectivity index (χ0) is 24.9. The summed E-state index contributed by atoms with van der Waals surface area (Å²) in [5.74, 6) is -0.882. The minimum absolute atomic E-state index is 0.1000. The van der Waals surface area contributed by atoms with Crippen LogP contribution in [0.25, 0.3) is 10.8 Å². The Morgan fingerprint density at radius 1 is 0.914 bits per heavy atom. The molecule has 0 heterocycles. The summed E-state index contributed by atoms with van der Waals surface area (Å²) in [6, 6.07) is 19.7. The van der Waals surface area contributed by atoms with E-state index in [2.05, 4.69) is 10.5 Å². The fraction of sp³-hybridized carbons (Fsp3) is 0.0385. The van der Waals surface area contributed by atoms with Gasteiger partial charge in [-0.1, -0.05) is 47.5 Å². The highest BCUT2D eigenvalue weighted by Gasteiger charge is 2.15. The highest BCUT2D eigenvalue weighted by atomic mass is 35.5. The minimum Gasteiger partial charge on any atom is -0.507 e. The van der Waals surface area contributed by atoms with E-state index in [0.29, 0.717) is 10.6 Å². The van der Waals surface area contributed by atoms with Gasteiger partial charge in [0.25, 0.3) is 5.91 Å². The number of phenolic OH excluding ortho intramolecular Hbond substituents is 1. The van der Waals surface area contributed by atoms with E-state index in [1.165, 1.54) is 43.7 Å². The van der Waals surface area contributed by atoms with Gasteiger partial charge in [-0.3, -0.25) is 4.79 Å². The van der Waals surface area contributed by atoms with Crippen LogP contribution in [0.3, 0.4) is 0 Å². The first-order valence-corrected chi connectivity index (χ1v) is 11.0. The lowest BCUT2D eigenvalue weighted by Gasteiger charge is -2.10. The summed E-state index contributed by atoms with van der Waals surface area (Å²) in [4.78, 5) is 24.9. The van der Waals surface area contributed by atoms with Crippen molar-refractivity contribution in [2.45, 2.75) is 0 Å². The second-order valence-electron chi connectivity index (χ2n) is 7.34. The van der Waals surface area contributed by atoms with Crippen LogP contribution in [-0.2, 0) is 0 Å². The Labute approximate surface area is 210 Å². The average molecular weight is 509 g/mol. The predicted molar refractivity (Wildman–Crippen MR) is 135 cm³/mol. The van der Waals surface area contributed by atoms with E-state index >= 15 is 0 Å². The number of benzene rings is 4. The number of phenols is 1. The molecule has 7 nitrogen and oxygen atoms in total. The topological polar surface area (TPSA) is 97.2 Å². The fourth-order valence-corrected chi connectivity index (χ4v) is 3.56. The Balaban J connectivity index is 1.45. The van der Waals surface area contributed by atoms with Crippen LogP contribution in [0.15, 0.2) is 77.9 Å². The Morgan fingerprint density at radius 3 is 2.37 bits per heavy atom. The zero-order valence-corrected chi connectivity index (χ0v) is 19.8. The van der Waals surface area contributed by atoms with Gasteiger partial charge in [-0.2, -0.15) is 5.10 Å². The molecule has 2 N–H and O–H groups in total. The summed E-state index contributed by atoms with van der Waals surface area (Å²) in [6.45, 7) is 0. The molecule has 0 unspecified atom stereocenters. The van der Waals surface area contributed by atoms with Crippen molar-refractivity contribution >= 4 is 52.1 Å². The molecule has 0 radical (unpaired) electrons. The second kappa shape index (κ2) is 10.5. The standard InChI is InChI=1S/C26H18Cl2N2O5/c1-34-24-10-15(6-9-23(24)35-26(33)18-7-8-20(27)21(28)12-18)14-29-30-25(32)19-11-16-4-2-3-5-17(16)13-22(19)31/h2-14,31H,1H3,(H,30,32)/b29-14-. The lowest BCUT2D eigenvalue weighted by atomic mass is 10.1. The third-order valence-electron chi connectivity index (χ3n) is 5.03. The van der Waals surface area contributed by atoms with Gasteiger partial charge in [0.15, 0.2) is 11.5 Å². The number of fused-ring (bicyclic) bond motifs is 1. The molecule has 4 rings (SSSR count). The van der Waals surface area contributed by atoms with Crippen LogP contribution in [0.5, 0.6) is 17.2 Å². The molecule has 35 heavy (non-hydrogen) atoms. The first kappa shape index (κ1) is 24.1. The number of ether oxygens (including phenoxy) is 2. The molecule has 9 heteroatoms. The first-order valence-electron chi connectivity index (χ1n) is 10.3. The smallest absolute Gasteiger partial charge is 0.343 e. The van der Waals surface area contributed by atoms with Crippen molar-refractivity contribution in [2.75, 3.05) is 7.11 Å². The van der Waals surface area contributed by atoms with Crippen molar-refractivity contribution < 1.29 is 24.2 Å². The maximum Gasteiger partial charge on any atom is 0.343 e. The maximum absolute atomic E-state index is 12.5. The van der Waals surface area contributed by atoms with Crippen molar-refractivity contribution in [3.8, 4) is 17.2 Å². The van der Waals surface area contributed by atoms with Crippen LogP contribution in [0.1, 0.15) is 26.3 Å². The molecule has 0 fully saturated rings. The summed E-state index contributed by atoms with van der Waals surface area (Å²) < 4.78 is 10.7. The molecular formula is C26H18Cl2N2O5. The van der Waals surface area contributed by atoms with Gasteiger partial charge in [0, 0.05) is 0 Å². The molecular weight excluding hydrogens is 491 g/mol. The van der Waals surface area contributed by atoms with Gasteiger partial charge in [0.2, 0.25) is 0 Å². The average Bonchev–Trinajstić information content (AvgIpc) is 2.85. The molecule has 0 aliphatic rings. The molecule has 0 aliphatic carbocycles. The number of esters is 1. The largest absolute Gasteiger partial charge is 0.507 e. The van der Waals surface area contributed by atoms with Crippen LogP contribution in [0.4, 0.5) is 0 Å². The van der Waals surface area contributed by atoms with E-state index in [1.54, 1.807) is 18.2 Å². The van der Waals surface area contributed by atoms with Gasteiger partial charge in [-0.05, 0) is 64.9 Å². The Kier molecular flexibility index (Phi) is 7.19. The molecule has 0 saturated carbocycles. The lowest BCUT2D eigenvalue weighted by Crippen LogP contribution is -2.17. The summed E-state index contributed by atoms with van der Waals surface area (Å²) in [5.41, 5.74) is 3.29. The maximum atomic E-state index is 12.5. The fourth-order valence-electron chi connectivity index (χ4n) is 3.27. The van der Waals surface area contributed by atoms with Gasteiger partial charge >= 0.3 is 5.97 Å². The van der Waals surface area contributed by atoms with Crippen LogP contribution in [0.2, 0.25) is 10.0 Å². The number of methoxy groups -OCH3 is 1. The SMILES string of the molecule is COc1cc(/C=N\NC(=O)c2cc3ccccc3cc2O)ccc1OC(=O)c1ccc(Cl)c(Cl)c1. The van der Waals surface area contributed by atoms with E-state index in [-0.39, 0.29) is 33.4 Å². The predicted octanol–water partition coefficient (Wildman–Crippen LogP) is 5.84. The molecule has 0 bridgehead atoms. The number of hydrogen-bond acceptors (Lipinski definition) is 6. The van der Waals surface area contributed by atoms with Crippen molar-refractivity contribution in [1.82, 2.24) is 5.43 Å². The molecule has 1 amide bonds. The number of carbonyl (C=O) groups excluding carboxylic acids is 2. The zero-order valence-electron chi connectivity index (χ0n) is 18.3. The second-order valence-corrected chi connectivity index (χ2v) is 8.16. The summed E-state index contributed by atoms with van der Waals surface area (Å²) in [5, 5.41) is 16.3. The number of amides is 1. The van der Waals surface area contributed by atoms with Gasteiger partial charge in [0.1, 0.15) is 5.75 Å². The van der Waals surface area contributed by atoms with Crippen molar-refractivity contribution in [3.63, 3.8) is 0 Å². The van der Waals surface area contributed by atoms with E-state index in [1.807, 2.05) is 24.3 Å². The summed E-state index contributed by atoms with van der Waals surface area (Å²) >= 11 is 11.8. The third-order valence-corrected chi connectivity index (χ3v) is 5.77. The number of aromatic hydroxyl groups is 1. The highest BCUT2D eigenvalue weighted by Crippen LogP contribution is 2.30. The highest BCUT2D eigenvalue weighted by molar-refractivity contribution is 6.42. The van der Waals surface area contributed by atoms with Gasteiger partial charge < -0.3 is 14.6 Å². The number of hydrazone groups is 1. The number of hydrogen-bond donors (Lipinski definition) is 2. The molecule has 0 spiro atoms. The molecule has 176 valence electrons. The Hall–Kier alpha value is -4.07. The minimum atomic E-state index is -0.634. The number of rotatable bonds is 6. The quantitative estimate of drug-likeness (QED) is 0.147. The van der Waals surface area contributed by atoms with E-state index in [4.69, 9.17) is 32.7 Å². The first-order chi connectivity index (χ1) is 16.9. The number of nitrogens with zero attached hydrogens (tertiary/aromatic N) is 1. The lowest BCUT2D eigenvalue weighted by molar-refractivity contribution is 0.0729. The van der Waals surface area contributed by atoms with E-state index in [9.17, 15) is 14.7 Å². The molecule has 4 aromatic rings. The monoisotopic (exact) mass is 508 g/mol. The van der Waals surface area contributed by atoms with Crippen LogP contribution in [-0.4, -0.2) is 30.3 Å². The number of carbonyl (C=O) groups is 2. The molecule has 0 atom stereocenters. The van der Waals surface area contributed by atoms with Gasteiger partial charge in [-0.15, -0.1) is 0 Å². The van der Waals surface area contributed by atoms with E-state index in [0.717, 1.165) is 10.8 Å². The van der Waals surface area contributed by atoms with Gasteiger partial charge in [-0.25, -0.2) is 10.2 Å². The molecule has 4 aromatic carbocycles. The van der Waals surface area contributed by atoms with Gasteiger partial charge in [0.05, 0.1) is 34.5 Å². The number of halogens is 2. The van der Waals surface area contributed by atoms with Crippen LogP contribution < -0.4 is 14.9 Å².